The highest BCUT2D eigenvalue weighted by molar-refractivity contribution is 9.10. The van der Waals surface area contributed by atoms with Gasteiger partial charge >= 0.3 is 6.18 Å². The predicted molar refractivity (Wildman–Crippen MR) is 54.2 cm³/mol. The number of benzene rings is 1. The van der Waals surface area contributed by atoms with Gasteiger partial charge in [-0.3, -0.25) is 0 Å². The summed E-state index contributed by atoms with van der Waals surface area (Å²) in [4.78, 5) is 0. The summed E-state index contributed by atoms with van der Waals surface area (Å²) >= 11 is 3.18. The average molecular weight is 297 g/mol. The fourth-order valence-corrected chi connectivity index (χ4v) is 2.00. The summed E-state index contributed by atoms with van der Waals surface area (Å²) in [5.74, 6) is 0.0873. The van der Waals surface area contributed by atoms with Crippen molar-refractivity contribution in [1.29, 1.82) is 0 Å². The molecule has 0 aliphatic carbocycles. The van der Waals surface area contributed by atoms with Gasteiger partial charge in [-0.2, -0.15) is 13.2 Å². The lowest BCUT2D eigenvalue weighted by Crippen LogP contribution is -2.38. The molecule has 0 fully saturated rings. The Kier molecular flexibility index (Phi) is 2.88. The van der Waals surface area contributed by atoms with E-state index in [0.717, 1.165) is 0 Å². The van der Waals surface area contributed by atoms with Gasteiger partial charge < -0.3 is 9.84 Å². The zero-order valence-corrected chi connectivity index (χ0v) is 9.55. The summed E-state index contributed by atoms with van der Waals surface area (Å²) in [5.41, 5.74) is 0.384. The molecule has 0 spiro atoms. The van der Waals surface area contributed by atoms with Crippen LogP contribution >= 0.6 is 15.9 Å². The van der Waals surface area contributed by atoms with Crippen LogP contribution in [0.2, 0.25) is 0 Å². The molecule has 1 aliphatic heterocycles. The van der Waals surface area contributed by atoms with Crippen LogP contribution in [0.15, 0.2) is 22.7 Å². The van der Waals surface area contributed by atoms with Crippen LogP contribution in [0.1, 0.15) is 18.1 Å². The van der Waals surface area contributed by atoms with Crippen molar-refractivity contribution in [3.05, 3.63) is 28.2 Å². The van der Waals surface area contributed by atoms with Crippen LogP contribution in [0.25, 0.3) is 0 Å². The third-order valence-corrected chi connectivity index (χ3v) is 2.90. The van der Waals surface area contributed by atoms with Gasteiger partial charge in [-0.05, 0) is 18.2 Å². The lowest BCUT2D eigenvalue weighted by molar-refractivity contribution is -0.207. The van der Waals surface area contributed by atoms with Gasteiger partial charge in [0.2, 0.25) is 0 Å². The van der Waals surface area contributed by atoms with Crippen LogP contribution in [-0.2, 0) is 0 Å². The monoisotopic (exact) mass is 296 g/mol. The molecule has 2 atom stereocenters. The highest BCUT2D eigenvalue weighted by Crippen LogP contribution is 2.40. The summed E-state index contributed by atoms with van der Waals surface area (Å²) in [6, 6.07) is 4.55. The highest BCUT2D eigenvalue weighted by Gasteiger charge is 2.45. The van der Waals surface area contributed by atoms with Crippen molar-refractivity contribution in [1.82, 2.24) is 0 Å². The molecule has 1 heterocycles. The number of hydrogen-bond acceptors (Lipinski definition) is 2. The third kappa shape index (κ3) is 2.17. The van der Waals surface area contributed by atoms with Gasteiger partial charge in [-0.1, -0.05) is 15.9 Å². The van der Waals surface area contributed by atoms with E-state index in [1.165, 1.54) is 6.07 Å². The van der Waals surface area contributed by atoms with Crippen molar-refractivity contribution < 1.29 is 23.0 Å². The van der Waals surface area contributed by atoms with Crippen LogP contribution in [0.5, 0.6) is 5.75 Å². The molecule has 0 radical (unpaired) electrons. The summed E-state index contributed by atoms with van der Waals surface area (Å²) < 4.78 is 42.8. The normalized spacial score (nSPS) is 24.8. The molecular weight excluding hydrogens is 289 g/mol. The summed E-state index contributed by atoms with van der Waals surface area (Å²) in [7, 11) is 0. The fourth-order valence-electron chi connectivity index (χ4n) is 1.62. The number of alkyl halides is 3. The van der Waals surface area contributed by atoms with Crippen LogP contribution in [-0.4, -0.2) is 17.4 Å². The topological polar surface area (TPSA) is 29.5 Å². The summed E-state index contributed by atoms with van der Waals surface area (Å²) in [6.07, 6.45) is -8.00. The van der Waals surface area contributed by atoms with E-state index in [1.54, 1.807) is 12.1 Å². The minimum atomic E-state index is -4.45. The van der Waals surface area contributed by atoms with Crippen molar-refractivity contribution in [2.45, 2.75) is 24.8 Å². The lowest BCUT2D eigenvalue weighted by Gasteiger charge is -2.30. The molecule has 16 heavy (non-hydrogen) atoms. The van der Waals surface area contributed by atoms with Crippen LogP contribution in [0.3, 0.4) is 0 Å². The third-order valence-electron chi connectivity index (χ3n) is 2.40. The van der Waals surface area contributed by atoms with Crippen molar-refractivity contribution in [2.24, 2.45) is 0 Å². The number of aliphatic hydroxyl groups excluding tert-OH is 1. The first-order valence-corrected chi connectivity index (χ1v) is 5.38. The lowest BCUT2D eigenvalue weighted by atomic mass is 9.99. The van der Waals surface area contributed by atoms with Crippen molar-refractivity contribution >= 4 is 15.9 Å². The predicted octanol–water partition coefficient (Wildman–Crippen LogP) is 3.20. The van der Waals surface area contributed by atoms with Gasteiger partial charge in [0.05, 0.1) is 6.10 Å². The number of aliphatic hydroxyl groups is 1. The molecule has 2 rings (SSSR count). The van der Waals surface area contributed by atoms with Gasteiger partial charge in [0, 0.05) is 16.5 Å². The molecule has 0 saturated carbocycles. The molecule has 2 nitrogen and oxygen atoms in total. The van der Waals surface area contributed by atoms with Crippen LogP contribution in [0.4, 0.5) is 13.2 Å². The zero-order valence-electron chi connectivity index (χ0n) is 7.96. The SMILES string of the molecule is O[C@@H]1C[C@H](C(F)(F)F)Oc2ccc(Br)cc21. The number of rotatable bonds is 0. The molecule has 6 heteroatoms. The molecule has 1 aromatic rings. The second kappa shape index (κ2) is 3.92. The van der Waals surface area contributed by atoms with Gasteiger partial charge in [0.1, 0.15) is 5.75 Å². The first-order chi connectivity index (χ1) is 7.38. The quantitative estimate of drug-likeness (QED) is 0.797. The Labute approximate surface area is 98.2 Å². The van der Waals surface area contributed by atoms with Crippen LogP contribution < -0.4 is 4.74 Å². The summed E-state index contributed by atoms with van der Waals surface area (Å²) in [6.45, 7) is 0. The maximum atomic E-state index is 12.4. The second-order valence-electron chi connectivity index (χ2n) is 3.58. The van der Waals surface area contributed by atoms with E-state index in [-0.39, 0.29) is 5.75 Å². The smallest absolute Gasteiger partial charge is 0.425 e. The first kappa shape index (κ1) is 11.7. The molecule has 1 N–H and O–H groups in total. The van der Waals surface area contributed by atoms with Crippen molar-refractivity contribution in [3.8, 4) is 5.75 Å². The average Bonchev–Trinajstić information content (AvgIpc) is 2.17. The van der Waals surface area contributed by atoms with Crippen molar-refractivity contribution in [3.63, 3.8) is 0 Å². The molecule has 1 aromatic carbocycles. The Hall–Kier alpha value is -0.750. The Balaban J connectivity index is 2.34. The van der Waals surface area contributed by atoms with Gasteiger partial charge in [-0.15, -0.1) is 0 Å². The molecule has 0 aromatic heterocycles. The van der Waals surface area contributed by atoms with E-state index < -0.39 is 24.8 Å². The molecule has 0 saturated heterocycles. The Bertz CT molecular complexity index is 406. The molecular formula is C10H8BrF3O2. The van der Waals surface area contributed by atoms with E-state index in [2.05, 4.69) is 15.9 Å². The molecule has 1 aliphatic rings. The first-order valence-electron chi connectivity index (χ1n) is 4.59. The largest absolute Gasteiger partial charge is 0.480 e. The molecule has 0 amide bonds. The highest BCUT2D eigenvalue weighted by atomic mass is 79.9. The van der Waals surface area contributed by atoms with Gasteiger partial charge in [0.15, 0.2) is 6.10 Å². The minimum absolute atomic E-state index is 0.0873. The molecule has 88 valence electrons. The second-order valence-corrected chi connectivity index (χ2v) is 4.50. The Morgan fingerprint density at radius 2 is 2.06 bits per heavy atom. The van der Waals surface area contributed by atoms with Gasteiger partial charge in [0.25, 0.3) is 0 Å². The van der Waals surface area contributed by atoms with E-state index in [4.69, 9.17) is 4.74 Å². The maximum absolute atomic E-state index is 12.4. The minimum Gasteiger partial charge on any atom is -0.480 e. The van der Waals surface area contributed by atoms with Crippen molar-refractivity contribution in [2.75, 3.05) is 0 Å². The van der Waals surface area contributed by atoms with E-state index in [9.17, 15) is 18.3 Å². The zero-order chi connectivity index (χ0) is 11.9. The number of ether oxygens (including phenoxy) is 1. The number of fused-ring (bicyclic) bond motifs is 1. The molecule has 0 unspecified atom stereocenters. The van der Waals surface area contributed by atoms with Crippen LogP contribution in [0, 0.1) is 0 Å². The standard InChI is InChI=1S/C10H8BrF3O2/c11-5-1-2-8-6(3-5)7(15)4-9(16-8)10(12,13)14/h1-3,7,9,15H,4H2/t7-,9-/m1/s1. The van der Waals surface area contributed by atoms with Gasteiger partial charge in [-0.25, -0.2) is 0 Å². The van der Waals surface area contributed by atoms with E-state index in [0.29, 0.717) is 10.0 Å². The summed E-state index contributed by atoms with van der Waals surface area (Å²) in [5, 5.41) is 9.62. The van der Waals surface area contributed by atoms with E-state index >= 15 is 0 Å². The number of hydrogen-bond donors (Lipinski definition) is 1. The Morgan fingerprint density at radius 3 is 2.69 bits per heavy atom. The Morgan fingerprint density at radius 1 is 1.38 bits per heavy atom. The number of halogens is 4. The van der Waals surface area contributed by atoms with E-state index in [1.807, 2.05) is 0 Å². The fraction of sp³-hybridized carbons (Fsp3) is 0.400. The molecule has 0 bridgehead atoms. The maximum Gasteiger partial charge on any atom is 0.425 e.